The molecule has 0 saturated heterocycles. The van der Waals surface area contributed by atoms with E-state index in [1.807, 2.05) is 60.7 Å². The van der Waals surface area contributed by atoms with E-state index in [4.69, 9.17) is 14.2 Å². The van der Waals surface area contributed by atoms with Crippen molar-refractivity contribution in [2.75, 3.05) is 31.0 Å². The van der Waals surface area contributed by atoms with E-state index in [0.29, 0.717) is 29.2 Å². The Morgan fingerprint density at radius 3 is 1.94 bits per heavy atom. The van der Waals surface area contributed by atoms with E-state index in [1.165, 1.54) is 10.5 Å². The van der Waals surface area contributed by atoms with Gasteiger partial charge in [0.05, 0.1) is 43.7 Å². The number of benzene rings is 4. The van der Waals surface area contributed by atoms with Crippen LogP contribution in [0.4, 0.5) is 16.2 Å². The maximum absolute atomic E-state index is 11.8. The van der Waals surface area contributed by atoms with Crippen molar-refractivity contribution in [2.45, 2.75) is 51.3 Å². The third kappa shape index (κ3) is 8.29. The van der Waals surface area contributed by atoms with Crippen molar-refractivity contribution in [3.63, 3.8) is 0 Å². The van der Waals surface area contributed by atoms with Crippen molar-refractivity contribution in [1.82, 2.24) is 0 Å². The number of aldehydes is 1. The number of allylic oxidation sites excluding steroid dienone is 1. The highest BCUT2D eigenvalue weighted by atomic mass is 16.5. The van der Waals surface area contributed by atoms with Gasteiger partial charge in [0.2, 0.25) is 0 Å². The maximum Gasteiger partial charge on any atom is 0.412 e. The summed E-state index contributed by atoms with van der Waals surface area (Å²) in [6.07, 6.45) is 8.03. The fourth-order valence-corrected chi connectivity index (χ4v) is 6.97. The molecular formula is C45H48N2O6. The number of fused-ring (bicyclic) bond motifs is 2. The summed E-state index contributed by atoms with van der Waals surface area (Å²) in [6, 6.07) is 27.6. The van der Waals surface area contributed by atoms with Crippen molar-refractivity contribution in [3.05, 3.63) is 134 Å². The summed E-state index contributed by atoms with van der Waals surface area (Å²) in [4.78, 5) is 24.6. The Bertz CT molecular complexity index is 2070. The van der Waals surface area contributed by atoms with Crippen LogP contribution in [0, 0.1) is 0 Å². The number of rotatable bonds is 11. The van der Waals surface area contributed by atoms with Crippen LogP contribution < -0.4 is 19.7 Å². The number of amides is 1. The molecule has 0 aromatic heterocycles. The first-order valence-corrected chi connectivity index (χ1v) is 17.5. The average molecular weight is 713 g/mol. The third-order valence-electron chi connectivity index (χ3n) is 9.23. The Labute approximate surface area is 312 Å². The number of carboxylic acid groups (broad SMARTS) is 1. The lowest BCUT2D eigenvalue weighted by atomic mass is 9.85. The Hall–Kier alpha value is -5.86. The Morgan fingerprint density at radius 2 is 1.40 bits per heavy atom. The van der Waals surface area contributed by atoms with E-state index in [2.05, 4.69) is 62.7 Å². The van der Waals surface area contributed by atoms with Crippen LogP contribution in [-0.4, -0.2) is 55.5 Å². The van der Waals surface area contributed by atoms with Crippen molar-refractivity contribution in [3.8, 4) is 33.8 Å². The molecule has 274 valence electrons. The van der Waals surface area contributed by atoms with Crippen molar-refractivity contribution >= 4 is 34.9 Å². The largest absolute Gasteiger partial charge is 0.496 e. The van der Waals surface area contributed by atoms with Gasteiger partial charge in [-0.2, -0.15) is 0 Å². The molecule has 2 aliphatic rings. The molecule has 6 rings (SSSR count). The SMILES string of the molecule is C=CCOC(CC=C)C1=CC(C)(C)Nc2ccc(-c3ccccc3OC)cc21.COc1ccccc1-c1ccc2c(c1)C(C=O)=CC(C)(C)N2C(=O)O. The smallest absolute Gasteiger partial charge is 0.412 e. The van der Waals surface area contributed by atoms with Gasteiger partial charge in [-0.1, -0.05) is 66.8 Å². The Morgan fingerprint density at radius 1 is 0.811 bits per heavy atom. The number of carbonyl (C=O) groups excluding carboxylic acids is 1. The van der Waals surface area contributed by atoms with Crippen LogP contribution in [0.5, 0.6) is 11.5 Å². The summed E-state index contributed by atoms with van der Waals surface area (Å²) in [5, 5.41) is 13.3. The van der Waals surface area contributed by atoms with Crippen LogP contribution in [0.1, 0.15) is 45.2 Å². The van der Waals surface area contributed by atoms with Crippen molar-refractivity contribution in [2.24, 2.45) is 0 Å². The maximum atomic E-state index is 11.8. The molecule has 8 nitrogen and oxygen atoms in total. The predicted octanol–water partition coefficient (Wildman–Crippen LogP) is 10.3. The van der Waals surface area contributed by atoms with Crippen LogP contribution in [0.25, 0.3) is 33.4 Å². The van der Waals surface area contributed by atoms with Crippen molar-refractivity contribution < 1.29 is 28.9 Å². The van der Waals surface area contributed by atoms with Gasteiger partial charge in [-0.15, -0.1) is 13.2 Å². The van der Waals surface area contributed by atoms with Gasteiger partial charge >= 0.3 is 6.09 Å². The molecule has 53 heavy (non-hydrogen) atoms. The lowest BCUT2D eigenvalue weighted by Gasteiger charge is -2.39. The molecule has 0 saturated carbocycles. The highest BCUT2D eigenvalue weighted by Crippen LogP contribution is 2.43. The number of para-hydroxylation sites is 2. The van der Waals surface area contributed by atoms with E-state index in [9.17, 15) is 14.7 Å². The second-order valence-corrected chi connectivity index (χ2v) is 14.0. The van der Waals surface area contributed by atoms with Gasteiger partial charge < -0.3 is 24.6 Å². The first-order valence-electron chi connectivity index (χ1n) is 17.5. The summed E-state index contributed by atoms with van der Waals surface area (Å²) < 4.78 is 17.1. The quantitative estimate of drug-likeness (QED) is 0.118. The van der Waals surface area contributed by atoms with Crippen LogP contribution in [0.15, 0.2) is 122 Å². The molecule has 1 atom stereocenters. The van der Waals surface area contributed by atoms with Crippen LogP contribution in [0.2, 0.25) is 0 Å². The molecule has 8 heteroatoms. The van der Waals surface area contributed by atoms with Gasteiger partial charge in [0.1, 0.15) is 17.8 Å². The van der Waals surface area contributed by atoms with Gasteiger partial charge in [0.25, 0.3) is 0 Å². The number of ether oxygens (including phenoxy) is 3. The van der Waals surface area contributed by atoms with Gasteiger partial charge in [-0.3, -0.25) is 9.69 Å². The normalized spacial score (nSPS) is 15.4. The molecule has 0 spiro atoms. The molecule has 0 radical (unpaired) electrons. The minimum atomic E-state index is -1.06. The number of nitrogens with zero attached hydrogens (tertiary/aromatic N) is 1. The van der Waals surface area contributed by atoms with Crippen LogP contribution in [0.3, 0.4) is 0 Å². The molecule has 4 aromatic rings. The topological polar surface area (TPSA) is 97.3 Å². The van der Waals surface area contributed by atoms with E-state index in [0.717, 1.165) is 52.0 Å². The van der Waals surface area contributed by atoms with E-state index >= 15 is 0 Å². The fourth-order valence-electron chi connectivity index (χ4n) is 6.97. The van der Waals surface area contributed by atoms with Crippen molar-refractivity contribution in [1.29, 1.82) is 0 Å². The molecule has 2 aliphatic heterocycles. The summed E-state index contributed by atoms with van der Waals surface area (Å²) in [5.41, 5.74) is 7.97. The average Bonchev–Trinajstić information content (AvgIpc) is 3.14. The monoisotopic (exact) mass is 712 g/mol. The van der Waals surface area contributed by atoms with Gasteiger partial charge in [0.15, 0.2) is 0 Å². The van der Waals surface area contributed by atoms with Gasteiger partial charge in [-0.05, 0) is 93.3 Å². The first kappa shape index (κ1) is 38.4. The van der Waals surface area contributed by atoms with E-state index in [-0.39, 0.29) is 11.6 Å². The van der Waals surface area contributed by atoms with E-state index < -0.39 is 11.6 Å². The van der Waals surface area contributed by atoms with Crippen LogP contribution in [-0.2, 0) is 9.53 Å². The number of hydrogen-bond donors (Lipinski definition) is 2. The second kappa shape index (κ2) is 16.2. The molecule has 2 heterocycles. The summed E-state index contributed by atoms with van der Waals surface area (Å²) in [5.74, 6) is 1.58. The number of methoxy groups -OCH3 is 2. The molecule has 1 amide bonds. The van der Waals surface area contributed by atoms with Gasteiger partial charge in [0, 0.05) is 33.5 Å². The highest BCUT2D eigenvalue weighted by molar-refractivity contribution is 6.13. The summed E-state index contributed by atoms with van der Waals surface area (Å²) >= 11 is 0. The van der Waals surface area contributed by atoms with E-state index in [1.54, 1.807) is 46.3 Å². The summed E-state index contributed by atoms with van der Waals surface area (Å²) in [7, 11) is 3.30. The highest BCUT2D eigenvalue weighted by Gasteiger charge is 2.37. The predicted molar refractivity (Wildman–Crippen MR) is 216 cm³/mol. The molecule has 2 N–H and O–H groups in total. The lowest BCUT2D eigenvalue weighted by molar-refractivity contribution is -0.103. The number of nitrogens with one attached hydrogen (secondary N) is 1. The fraction of sp³-hybridized carbons (Fsp3) is 0.244. The molecule has 1 unspecified atom stereocenters. The zero-order valence-corrected chi connectivity index (χ0v) is 31.3. The van der Waals surface area contributed by atoms with Gasteiger partial charge in [-0.25, -0.2) is 4.79 Å². The zero-order chi connectivity index (χ0) is 38.3. The zero-order valence-electron chi connectivity index (χ0n) is 31.3. The first-order chi connectivity index (χ1) is 25.4. The molecular weight excluding hydrogens is 665 g/mol. The Kier molecular flexibility index (Phi) is 11.7. The second-order valence-electron chi connectivity index (χ2n) is 14.0. The lowest BCUT2D eigenvalue weighted by Crippen LogP contribution is -2.48. The number of carbonyl (C=O) groups is 2. The Balaban J connectivity index is 0.000000206. The van der Waals surface area contributed by atoms with Crippen LogP contribution >= 0.6 is 0 Å². The molecule has 0 bridgehead atoms. The number of hydrogen-bond acceptors (Lipinski definition) is 6. The minimum absolute atomic E-state index is 0.0662. The standard InChI is InChI=1S/C25H29NO2.C20H19NO4/c1-6-10-24(28-15-7-2)21-17-25(3,4)26-22-14-13-18(16-20(21)22)19-11-8-9-12-23(19)27-5;1-20(2)11-14(12-22)16-10-13(8-9-17(16)21(20)19(23)24)15-6-4-5-7-18(15)25-3/h6-9,11-14,16-17,24,26H,1-2,10,15H2,3-5H3;4-12H,1-3H3,(H,23,24). The number of anilines is 2. The minimum Gasteiger partial charge on any atom is -0.496 e. The molecule has 0 aliphatic carbocycles. The molecule has 4 aromatic carbocycles. The summed E-state index contributed by atoms with van der Waals surface area (Å²) in [6.45, 7) is 16.1. The third-order valence-corrected chi connectivity index (χ3v) is 9.23. The molecule has 0 fully saturated rings.